The minimum atomic E-state index is 0.148. The highest BCUT2D eigenvalue weighted by molar-refractivity contribution is 9.10. The zero-order valence-electron chi connectivity index (χ0n) is 15.6. The molecule has 2 aliphatic heterocycles. The van der Waals surface area contributed by atoms with E-state index >= 15 is 0 Å². The summed E-state index contributed by atoms with van der Waals surface area (Å²) in [5, 5.41) is 4.64. The Morgan fingerprint density at radius 3 is 2.74 bits per heavy atom. The van der Waals surface area contributed by atoms with Crippen molar-refractivity contribution in [3.8, 4) is 11.5 Å². The SMILES string of the molecule is COc1cc(C2NN=C3CCN(Cc4ccccc4)CC32)cc(Br)c1OC. The summed E-state index contributed by atoms with van der Waals surface area (Å²) in [6, 6.07) is 15.0. The minimum absolute atomic E-state index is 0.148. The number of likely N-dealkylation sites (tertiary alicyclic amines) is 1. The molecule has 2 unspecified atom stereocenters. The Bertz CT molecular complexity index is 841. The third kappa shape index (κ3) is 3.69. The molecule has 0 aliphatic carbocycles. The molecule has 1 fully saturated rings. The lowest BCUT2D eigenvalue weighted by molar-refractivity contribution is 0.220. The predicted octanol–water partition coefficient (Wildman–Crippen LogP) is 3.99. The summed E-state index contributed by atoms with van der Waals surface area (Å²) >= 11 is 3.61. The molecule has 0 aromatic heterocycles. The van der Waals surface area contributed by atoms with E-state index in [0.717, 1.165) is 47.6 Å². The van der Waals surface area contributed by atoms with Crippen LogP contribution in [0.15, 0.2) is 52.0 Å². The normalized spacial score (nSPS) is 22.0. The molecule has 6 heteroatoms. The number of nitrogens with zero attached hydrogens (tertiary/aromatic N) is 2. The first-order valence-electron chi connectivity index (χ1n) is 9.19. The molecule has 1 saturated heterocycles. The van der Waals surface area contributed by atoms with Gasteiger partial charge in [0, 0.05) is 37.7 Å². The lowest BCUT2D eigenvalue weighted by Gasteiger charge is -2.33. The fourth-order valence-electron chi connectivity index (χ4n) is 4.02. The highest BCUT2D eigenvalue weighted by Gasteiger charge is 2.37. The number of nitrogens with one attached hydrogen (secondary N) is 1. The molecular formula is C21H24BrN3O2. The van der Waals surface area contributed by atoms with Gasteiger partial charge in [0.05, 0.1) is 24.7 Å². The van der Waals surface area contributed by atoms with Crippen molar-refractivity contribution in [3.63, 3.8) is 0 Å². The average Bonchev–Trinajstić information content (AvgIpc) is 3.11. The van der Waals surface area contributed by atoms with Gasteiger partial charge in [-0.15, -0.1) is 0 Å². The molecule has 2 atom stereocenters. The topological polar surface area (TPSA) is 46.1 Å². The first kappa shape index (κ1) is 18.3. The van der Waals surface area contributed by atoms with Gasteiger partial charge in [0.25, 0.3) is 0 Å². The Morgan fingerprint density at radius 2 is 2.00 bits per heavy atom. The van der Waals surface area contributed by atoms with Crippen LogP contribution in [0.25, 0.3) is 0 Å². The number of ether oxygens (including phenoxy) is 2. The number of hydrogen-bond donors (Lipinski definition) is 1. The van der Waals surface area contributed by atoms with Crippen LogP contribution in [0.4, 0.5) is 0 Å². The van der Waals surface area contributed by atoms with E-state index in [-0.39, 0.29) is 6.04 Å². The molecule has 0 bridgehead atoms. The molecule has 0 radical (unpaired) electrons. The van der Waals surface area contributed by atoms with E-state index in [1.807, 2.05) is 0 Å². The summed E-state index contributed by atoms with van der Waals surface area (Å²) in [5.74, 6) is 1.82. The third-order valence-corrected chi connectivity index (χ3v) is 5.97. The van der Waals surface area contributed by atoms with Crippen molar-refractivity contribution < 1.29 is 9.47 Å². The highest BCUT2D eigenvalue weighted by atomic mass is 79.9. The van der Waals surface area contributed by atoms with Crippen LogP contribution in [-0.4, -0.2) is 37.9 Å². The maximum Gasteiger partial charge on any atom is 0.174 e. The number of hydrogen-bond acceptors (Lipinski definition) is 5. The molecular weight excluding hydrogens is 406 g/mol. The van der Waals surface area contributed by atoms with Gasteiger partial charge in [-0.3, -0.25) is 4.90 Å². The van der Waals surface area contributed by atoms with E-state index in [1.165, 1.54) is 11.3 Å². The maximum absolute atomic E-state index is 5.52. The summed E-state index contributed by atoms with van der Waals surface area (Å²) < 4.78 is 11.9. The smallest absolute Gasteiger partial charge is 0.174 e. The third-order valence-electron chi connectivity index (χ3n) is 5.38. The Morgan fingerprint density at radius 1 is 1.19 bits per heavy atom. The summed E-state index contributed by atoms with van der Waals surface area (Å²) in [7, 11) is 3.32. The maximum atomic E-state index is 5.52. The van der Waals surface area contributed by atoms with Gasteiger partial charge in [-0.2, -0.15) is 5.10 Å². The number of piperidine rings is 1. The molecule has 0 spiro atoms. The van der Waals surface area contributed by atoms with Crippen molar-refractivity contribution in [3.05, 3.63) is 58.1 Å². The Kier molecular flexibility index (Phi) is 5.36. The fraction of sp³-hybridized carbons (Fsp3) is 0.381. The molecule has 2 aliphatic rings. The number of halogens is 1. The number of methoxy groups -OCH3 is 2. The van der Waals surface area contributed by atoms with E-state index in [0.29, 0.717) is 5.92 Å². The number of benzene rings is 2. The van der Waals surface area contributed by atoms with Crippen molar-refractivity contribution in [1.82, 2.24) is 10.3 Å². The molecule has 5 nitrogen and oxygen atoms in total. The molecule has 142 valence electrons. The zero-order valence-corrected chi connectivity index (χ0v) is 17.2. The highest BCUT2D eigenvalue weighted by Crippen LogP contribution is 2.41. The van der Waals surface area contributed by atoms with Crippen molar-refractivity contribution >= 4 is 21.6 Å². The summed E-state index contributed by atoms with van der Waals surface area (Å²) in [4.78, 5) is 2.52. The molecule has 2 aromatic rings. The second kappa shape index (κ2) is 7.90. The van der Waals surface area contributed by atoms with E-state index < -0.39 is 0 Å². The Hall–Kier alpha value is -2.05. The van der Waals surface area contributed by atoms with Gasteiger partial charge in [-0.05, 0) is 39.2 Å². The Labute approximate surface area is 168 Å². The van der Waals surface area contributed by atoms with E-state index in [1.54, 1.807) is 14.2 Å². The van der Waals surface area contributed by atoms with Gasteiger partial charge in [-0.25, -0.2) is 0 Å². The van der Waals surface area contributed by atoms with Crippen LogP contribution >= 0.6 is 15.9 Å². The monoisotopic (exact) mass is 429 g/mol. The van der Waals surface area contributed by atoms with Gasteiger partial charge < -0.3 is 14.9 Å². The summed E-state index contributed by atoms with van der Waals surface area (Å²) in [6.45, 7) is 3.03. The molecule has 0 amide bonds. The zero-order chi connectivity index (χ0) is 18.8. The van der Waals surface area contributed by atoms with Crippen LogP contribution in [0, 0.1) is 5.92 Å². The number of rotatable bonds is 5. The van der Waals surface area contributed by atoms with Crippen LogP contribution < -0.4 is 14.9 Å². The van der Waals surface area contributed by atoms with Gasteiger partial charge in [0.1, 0.15) is 0 Å². The molecule has 4 rings (SSSR count). The standard InChI is InChI=1S/C21H24BrN3O2/c1-26-19-11-15(10-17(22)21(19)27-2)20-16-13-25(9-8-18(16)23-24-20)12-14-6-4-3-5-7-14/h3-7,10-11,16,20,24H,8-9,12-13H2,1-2H3. The molecule has 0 saturated carbocycles. The summed E-state index contributed by atoms with van der Waals surface area (Å²) in [6.07, 6.45) is 1.01. The van der Waals surface area contributed by atoms with Gasteiger partial charge in [-0.1, -0.05) is 30.3 Å². The molecule has 27 heavy (non-hydrogen) atoms. The molecule has 1 N–H and O–H groups in total. The van der Waals surface area contributed by atoms with E-state index in [2.05, 4.69) is 73.8 Å². The first-order chi connectivity index (χ1) is 13.2. The van der Waals surface area contributed by atoms with Crippen LogP contribution in [0.5, 0.6) is 11.5 Å². The Balaban J connectivity index is 1.54. The molecule has 2 heterocycles. The molecule has 2 aromatic carbocycles. The van der Waals surface area contributed by atoms with Gasteiger partial charge >= 0.3 is 0 Å². The average molecular weight is 430 g/mol. The predicted molar refractivity (Wildman–Crippen MR) is 110 cm³/mol. The van der Waals surface area contributed by atoms with Crippen LogP contribution in [0.1, 0.15) is 23.6 Å². The first-order valence-corrected chi connectivity index (χ1v) is 9.98. The van der Waals surface area contributed by atoms with Crippen LogP contribution in [-0.2, 0) is 6.54 Å². The van der Waals surface area contributed by atoms with Crippen molar-refractivity contribution in [2.24, 2.45) is 11.0 Å². The fourth-order valence-corrected chi connectivity index (χ4v) is 4.64. The van der Waals surface area contributed by atoms with Gasteiger partial charge in [0.2, 0.25) is 0 Å². The van der Waals surface area contributed by atoms with Crippen LogP contribution in [0.2, 0.25) is 0 Å². The van der Waals surface area contributed by atoms with Crippen LogP contribution in [0.3, 0.4) is 0 Å². The van der Waals surface area contributed by atoms with Crippen molar-refractivity contribution in [1.29, 1.82) is 0 Å². The second-order valence-corrected chi connectivity index (χ2v) is 7.88. The van der Waals surface area contributed by atoms with Crippen molar-refractivity contribution in [2.75, 3.05) is 27.3 Å². The lowest BCUT2D eigenvalue weighted by atomic mass is 9.86. The minimum Gasteiger partial charge on any atom is -0.493 e. The quantitative estimate of drug-likeness (QED) is 0.780. The largest absolute Gasteiger partial charge is 0.493 e. The summed E-state index contributed by atoms with van der Waals surface area (Å²) in [5.41, 5.74) is 7.15. The van der Waals surface area contributed by atoms with E-state index in [9.17, 15) is 0 Å². The number of fused-ring (bicyclic) bond motifs is 1. The lowest BCUT2D eigenvalue weighted by Crippen LogP contribution is -2.41. The number of hydrazone groups is 1. The van der Waals surface area contributed by atoms with Gasteiger partial charge in [0.15, 0.2) is 11.5 Å². The second-order valence-electron chi connectivity index (χ2n) is 7.03. The van der Waals surface area contributed by atoms with Crippen molar-refractivity contribution in [2.45, 2.75) is 19.0 Å². The van der Waals surface area contributed by atoms with E-state index in [4.69, 9.17) is 9.47 Å².